The van der Waals surface area contributed by atoms with Gasteiger partial charge in [-0.25, -0.2) is 4.79 Å². The molecule has 0 aromatic heterocycles. The van der Waals surface area contributed by atoms with Gasteiger partial charge in [-0.3, -0.25) is 0 Å². The summed E-state index contributed by atoms with van der Waals surface area (Å²) in [4.78, 5) is 17.1. The quantitative estimate of drug-likeness (QED) is 0.864. The van der Waals surface area contributed by atoms with Crippen molar-refractivity contribution >= 4 is 6.03 Å². The number of piperidine rings is 2. The van der Waals surface area contributed by atoms with Crippen LogP contribution in [0.3, 0.4) is 0 Å². The van der Waals surface area contributed by atoms with Crippen molar-refractivity contribution in [1.29, 1.82) is 0 Å². The summed E-state index contributed by atoms with van der Waals surface area (Å²) in [5.41, 5.74) is 0. The maximum Gasteiger partial charge on any atom is 0.317 e. The zero-order valence-corrected chi connectivity index (χ0v) is 14.9. The van der Waals surface area contributed by atoms with E-state index in [1.54, 1.807) is 0 Å². The number of urea groups is 1. The van der Waals surface area contributed by atoms with E-state index in [0.717, 1.165) is 24.9 Å². The summed E-state index contributed by atoms with van der Waals surface area (Å²) in [6.45, 7) is 8.10. The Hall–Kier alpha value is -0.770. The molecule has 23 heavy (non-hydrogen) atoms. The number of carbonyl (C=O) groups excluding carboxylic acids is 1. The fraction of sp³-hybridized carbons (Fsp3) is 0.947. The van der Waals surface area contributed by atoms with Gasteiger partial charge in [-0.15, -0.1) is 0 Å². The van der Waals surface area contributed by atoms with Crippen molar-refractivity contribution < 1.29 is 4.79 Å². The molecule has 2 heterocycles. The van der Waals surface area contributed by atoms with E-state index in [9.17, 15) is 4.79 Å². The Balaban J connectivity index is 1.35. The highest BCUT2D eigenvalue weighted by Crippen LogP contribution is 2.23. The lowest BCUT2D eigenvalue weighted by Crippen LogP contribution is -2.49. The van der Waals surface area contributed by atoms with E-state index in [4.69, 9.17) is 0 Å². The lowest BCUT2D eigenvalue weighted by Gasteiger charge is -2.37. The van der Waals surface area contributed by atoms with Crippen molar-refractivity contribution in [3.63, 3.8) is 0 Å². The Morgan fingerprint density at radius 3 is 2.22 bits per heavy atom. The van der Waals surface area contributed by atoms with Crippen LogP contribution in [0, 0.1) is 11.8 Å². The average molecular weight is 322 g/mol. The van der Waals surface area contributed by atoms with Crippen LogP contribution in [0.4, 0.5) is 4.79 Å². The van der Waals surface area contributed by atoms with Gasteiger partial charge in [0.25, 0.3) is 0 Å². The first kappa shape index (κ1) is 17.1. The number of hydrogen-bond acceptors (Lipinski definition) is 2. The maximum absolute atomic E-state index is 12.4. The second-order valence-corrected chi connectivity index (χ2v) is 8.20. The smallest absolute Gasteiger partial charge is 0.317 e. The van der Waals surface area contributed by atoms with Gasteiger partial charge in [0.2, 0.25) is 0 Å². The number of amides is 2. The molecule has 4 heteroatoms. The van der Waals surface area contributed by atoms with Gasteiger partial charge in [0.15, 0.2) is 0 Å². The normalized spacial score (nSPS) is 26.4. The standard InChI is InChI=1S/C19H35N3O/c1-16-7-11-21(12-8-16)15-17-9-13-22(14-10-17)19(23)20-18-5-3-2-4-6-18/h16-18H,2-15H2,1H3,(H,20,23). The van der Waals surface area contributed by atoms with Crippen LogP contribution in [-0.2, 0) is 0 Å². The second kappa shape index (κ2) is 8.36. The molecule has 2 aliphatic heterocycles. The first-order chi connectivity index (χ1) is 11.2. The first-order valence-corrected chi connectivity index (χ1v) is 9.98. The predicted octanol–water partition coefficient (Wildman–Crippen LogP) is 3.47. The number of carbonyl (C=O) groups is 1. The highest BCUT2D eigenvalue weighted by molar-refractivity contribution is 5.74. The van der Waals surface area contributed by atoms with E-state index < -0.39 is 0 Å². The van der Waals surface area contributed by atoms with Gasteiger partial charge in [-0.1, -0.05) is 26.2 Å². The maximum atomic E-state index is 12.4. The van der Waals surface area contributed by atoms with Gasteiger partial charge in [-0.2, -0.15) is 0 Å². The van der Waals surface area contributed by atoms with Crippen LogP contribution < -0.4 is 5.32 Å². The molecule has 1 N–H and O–H groups in total. The SMILES string of the molecule is CC1CCN(CC2CCN(C(=O)NC3CCCCC3)CC2)CC1. The minimum atomic E-state index is 0.196. The largest absolute Gasteiger partial charge is 0.335 e. The Morgan fingerprint density at radius 2 is 1.57 bits per heavy atom. The molecule has 0 aromatic rings. The van der Waals surface area contributed by atoms with Crippen LogP contribution in [0.15, 0.2) is 0 Å². The third-order valence-corrected chi connectivity index (χ3v) is 6.23. The highest BCUT2D eigenvalue weighted by atomic mass is 16.2. The molecule has 0 aromatic carbocycles. The predicted molar refractivity (Wildman–Crippen MR) is 94.5 cm³/mol. The van der Waals surface area contributed by atoms with Crippen molar-refractivity contribution in [2.75, 3.05) is 32.7 Å². The number of hydrogen-bond donors (Lipinski definition) is 1. The van der Waals surface area contributed by atoms with Crippen LogP contribution >= 0.6 is 0 Å². The Morgan fingerprint density at radius 1 is 0.913 bits per heavy atom. The minimum absolute atomic E-state index is 0.196. The van der Waals surface area contributed by atoms with Crippen molar-refractivity contribution in [2.24, 2.45) is 11.8 Å². The van der Waals surface area contributed by atoms with Crippen molar-refractivity contribution in [2.45, 2.75) is 70.8 Å². The molecule has 3 rings (SSSR count). The van der Waals surface area contributed by atoms with Gasteiger partial charge in [0.05, 0.1) is 0 Å². The van der Waals surface area contributed by atoms with E-state index in [1.165, 1.54) is 77.4 Å². The Bertz CT molecular complexity index is 365. The Kier molecular flexibility index (Phi) is 6.21. The molecule has 0 bridgehead atoms. The van der Waals surface area contributed by atoms with Crippen molar-refractivity contribution in [1.82, 2.24) is 15.1 Å². The number of likely N-dealkylation sites (tertiary alicyclic amines) is 2. The molecular formula is C19H35N3O. The molecule has 0 unspecified atom stereocenters. The van der Waals surface area contributed by atoms with Crippen molar-refractivity contribution in [3.8, 4) is 0 Å². The highest BCUT2D eigenvalue weighted by Gasteiger charge is 2.26. The Labute approximate surface area is 142 Å². The molecular weight excluding hydrogens is 286 g/mol. The lowest BCUT2D eigenvalue weighted by atomic mass is 9.93. The molecule has 2 saturated heterocycles. The molecule has 1 saturated carbocycles. The molecule has 3 fully saturated rings. The van der Waals surface area contributed by atoms with Crippen LogP contribution in [0.25, 0.3) is 0 Å². The van der Waals surface area contributed by atoms with E-state index in [-0.39, 0.29) is 6.03 Å². The van der Waals surface area contributed by atoms with Gasteiger partial charge in [0, 0.05) is 25.7 Å². The van der Waals surface area contributed by atoms with E-state index in [2.05, 4.69) is 22.0 Å². The molecule has 4 nitrogen and oxygen atoms in total. The fourth-order valence-corrected chi connectivity index (χ4v) is 4.44. The zero-order valence-electron chi connectivity index (χ0n) is 14.9. The molecule has 0 atom stereocenters. The summed E-state index contributed by atoms with van der Waals surface area (Å²) < 4.78 is 0. The third kappa shape index (κ3) is 5.10. The van der Waals surface area contributed by atoms with E-state index in [1.807, 2.05) is 0 Å². The number of nitrogens with zero attached hydrogens (tertiary/aromatic N) is 2. The minimum Gasteiger partial charge on any atom is -0.335 e. The average Bonchev–Trinajstić information content (AvgIpc) is 2.58. The van der Waals surface area contributed by atoms with Gasteiger partial charge < -0.3 is 15.1 Å². The van der Waals surface area contributed by atoms with Gasteiger partial charge >= 0.3 is 6.03 Å². The summed E-state index contributed by atoms with van der Waals surface area (Å²) >= 11 is 0. The van der Waals surface area contributed by atoms with E-state index >= 15 is 0 Å². The summed E-state index contributed by atoms with van der Waals surface area (Å²) in [6, 6.07) is 0.631. The lowest BCUT2D eigenvalue weighted by molar-refractivity contribution is 0.124. The van der Waals surface area contributed by atoms with Crippen LogP contribution in [-0.4, -0.2) is 54.6 Å². The number of nitrogens with one attached hydrogen (secondary N) is 1. The van der Waals surface area contributed by atoms with Crippen molar-refractivity contribution in [3.05, 3.63) is 0 Å². The molecule has 0 radical (unpaired) electrons. The van der Waals surface area contributed by atoms with Crippen LogP contribution in [0.2, 0.25) is 0 Å². The summed E-state index contributed by atoms with van der Waals surface area (Å²) in [5.74, 6) is 1.71. The zero-order chi connectivity index (χ0) is 16.1. The summed E-state index contributed by atoms with van der Waals surface area (Å²) in [5, 5.41) is 3.27. The molecule has 0 spiro atoms. The first-order valence-electron chi connectivity index (χ1n) is 9.98. The monoisotopic (exact) mass is 321 g/mol. The van der Waals surface area contributed by atoms with E-state index in [0.29, 0.717) is 6.04 Å². The topological polar surface area (TPSA) is 35.6 Å². The number of rotatable bonds is 3. The summed E-state index contributed by atoms with van der Waals surface area (Å²) in [7, 11) is 0. The third-order valence-electron chi connectivity index (χ3n) is 6.23. The van der Waals surface area contributed by atoms with Crippen LogP contribution in [0.5, 0.6) is 0 Å². The molecule has 1 aliphatic carbocycles. The summed E-state index contributed by atoms with van der Waals surface area (Å²) in [6.07, 6.45) is 11.3. The molecule has 2 amide bonds. The molecule has 3 aliphatic rings. The molecule has 132 valence electrons. The second-order valence-electron chi connectivity index (χ2n) is 8.20. The fourth-order valence-electron chi connectivity index (χ4n) is 4.44. The van der Waals surface area contributed by atoms with Gasteiger partial charge in [0.1, 0.15) is 0 Å². The van der Waals surface area contributed by atoms with Gasteiger partial charge in [-0.05, 0) is 63.5 Å². The van der Waals surface area contributed by atoms with Crippen LogP contribution in [0.1, 0.15) is 64.7 Å².